The fourth-order valence-electron chi connectivity index (χ4n) is 2.94. The Bertz CT molecular complexity index is 1140. The summed E-state index contributed by atoms with van der Waals surface area (Å²) < 4.78 is 25.1. The van der Waals surface area contributed by atoms with Crippen molar-refractivity contribution in [3.63, 3.8) is 0 Å². The van der Waals surface area contributed by atoms with Gasteiger partial charge in [0.15, 0.2) is 0 Å². The number of ether oxygens (including phenoxy) is 2. The summed E-state index contributed by atoms with van der Waals surface area (Å²) in [4.78, 5) is 25.2. The number of nitriles is 1. The molecule has 2 rings (SSSR count). The molecule has 0 heterocycles. The molecule has 0 aliphatic heterocycles. The van der Waals surface area contributed by atoms with Crippen molar-refractivity contribution in [2.75, 3.05) is 6.61 Å². The van der Waals surface area contributed by atoms with Crippen LogP contribution in [0.2, 0.25) is 5.02 Å². The molecule has 0 spiro atoms. The Morgan fingerprint density at radius 1 is 1.21 bits per heavy atom. The second kappa shape index (κ2) is 11.5. The van der Waals surface area contributed by atoms with Crippen LogP contribution in [0.25, 0.3) is 11.1 Å². The molecule has 0 aliphatic carbocycles. The monoisotopic (exact) mass is 488 g/mol. The number of nitrogens with one attached hydrogen (secondary N) is 3. The highest BCUT2D eigenvalue weighted by molar-refractivity contribution is 6.34. The van der Waals surface area contributed by atoms with Crippen molar-refractivity contribution in [2.24, 2.45) is 0 Å². The molecule has 0 atom stereocenters. The minimum Gasteiger partial charge on any atom is -0.493 e. The lowest BCUT2D eigenvalue weighted by Crippen LogP contribution is -2.45. The molecule has 0 aromatic heterocycles. The highest BCUT2D eigenvalue weighted by Crippen LogP contribution is 2.38. The van der Waals surface area contributed by atoms with Crippen molar-refractivity contribution in [2.45, 2.75) is 46.1 Å². The van der Waals surface area contributed by atoms with Gasteiger partial charge in [-0.3, -0.25) is 20.8 Å². The van der Waals surface area contributed by atoms with Gasteiger partial charge in [0.2, 0.25) is 5.96 Å². The maximum atomic E-state index is 14.2. The van der Waals surface area contributed by atoms with E-state index in [9.17, 15) is 19.2 Å². The third kappa shape index (κ3) is 6.93. The van der Waals surface area contributed by atoms with Crippen LogP contribution in [0.5, 0.6) is 5.75 Å². The normalized spacial score (nSPS) is 10.7. The molecule has 0 bridgehead atoms. The molecule has 8 nitrogen and oxygen atoms in total. The maximum Gasteiger partial charge on any atom is 0.414 e. The Hall–Kier alpha value is -3.64. The van der Waals surface area contributed by atoms with Crippen LogP contribution < -0.4 is 15.4 Å². The molecule has 0 saturated carbocycles. The average molecular weight is 489 g/mol. The van der Waals surface area contributed by atoms with Crippen molar-refractivity contribution >= 4 is 29.6 Å². The van der Waals surface area contributed by atoms with Gasteiger partial charge >= 0.3 is 6.09 Å². The van der Waals surface area contributed by atoms with E-state index in [0.29, 0.717) is 6.42 Å². The first-order chi connectivity index (χ1) is 16.0. The van der Waals surface area contributed by atoms with E-state index in [1.807, 2.05) is 13.0 Å². The van der Waals surface area contributed by atoms with Gasteiger partial charge in [-0.2, -0.15) is 5.26 Å². The predicted octanol–water partition coefficient (Wildman–Crippen LogP) is 5.39. The fraction of sp³-hybridized carbons (Fsp3) is 0.333. The molecular weight excluding hydrogens is 463 g/mol. The molecule has 0 saturated heterocycles. The zero-order valence-electron chi connectivity index (χ0n) is 19.3. The molecule has 10 heteroatoms. The van der Waals surface area contributed by atoms with Gasteiger partial charge in [0, 0.05) is 11.1 Å². The Balaban J connectivity index is 2.53. The number of amides is 2. The number of carbonyl (C=O) groups excluding carboxylic acids is 2. The summed E-state index contributed by atoms with van der Waals surface area (Å²) >= 11 is 6.18. The average Bonchev–Trinajstić information content (AvgIpc) is 2.73. The van der Waals surface area contributed by atoms with Crippen LogP contribution in [0, 0.1) is 22.6 Å². The summed E-state index contributed by atoms with van der Waals surface area (Å²) in [6.45, 7) is 7.20. The van der Waals surface area contributed by atoms with Crippen molar-refractivity contribution in [3.8, 4) is 22.9 Å². The molecule has 0 radical (unpaired) electrons. The first-order valence-electron chi connectivity index (χ1n) is 10.5. The Labute approximate surface area is 202 Å². The fourth-order valence-corrected chi connectivity index (χ4v) is 3.16. The van der Waals surface area contributed by atoms with Gasteiger partial charge < -0.3 is 9.47 Å². The van der Waals surface area contributed by atoms with Crippen LogP contribution in [0.3, 0.4) is 0 Å². The van der Waals surface area contributed by atoms with Gasteiger partial charge in [0.1, 0.15) is 17.2 Å². The number of alkyl carbamates (subject to hydrolysis) is 1. The first-order valence-corrected chi connectivity index (χ1v) is 10.9. The number of guanidine groups is 1. The van der Waals surface area contributed by atoms with Crippen LogP contribution in [0.1, 0.15) is 56.5 Å². The largest absolute Gasteiger partial charge is 0.493 e. The first kappa shape index (κ1) is 26.6. The summed E-state index contributed by atoms with van der Waals surface area (Å²) in [5.41, 5.74) is -0.734. The van der Waals surface area contributed by atoms with Gasteiger partial charge in [-0.15, -0.1) is 0 Å². The highest BCUT2D eigenvalue weighted by Gasteiger charge is 2.26. The topological polar surface area (TPSA) is 124 Å². The van der Waals surface area contributed by atoms with E-state index in [0.717, 1.165) is 12.5 Å². The van der Waals surface area contributed by atoms with Crippen LogP contribution in [0.4, 0.5) is 9.18 Å². The van der Waals surface area contributed by atoms with Gasteiger partial charge in [-0.05, 0) is 45.4 Å². The van der Waals surface area contributed by atoms with E-state index in [2.05, 4.69) is 10.6 Å². The number of nitrogens with zero attached hydrogens (tertiary/aromatic N) is 1. The molecular formula is C24H26ClFN4O4. The van der Waals surface area contributed by atoms with E-state index in [-0.39, 0.29) is 39.6 Å². The minimum atomic E-state index is -0.934. The van der Waals surface area contributed by atoms with E-state index in [1.54, 1.807) is 20.8 Å². The molecule has 34 heavy (non-hydrogen) atoms. The smallest absolute Gasteiger partial charge is 0.414 e. The van der Waals surface area contributed by atoms with Gasteiger partial charge in [0.25, 0.3) is 5.91 Å². The van der Waals surface area contributed by atoms with Crippen molar-refractivity contribution in [1.82, 2.24) is 10.6 Å². The summed E-state index contributed by atoms with van der Waals surface area (Å²) in [6, 6.07) is 8.90. The lowest BCUT2D eigenvalue weighted by molar-refractivity contribution is 0.0561. The quantitative estimate of drug-likeness (QED) is 0.286. The third-order valence-electron chi connectivity index (χ3n) is 4.36. The zero-order chi connectivity index (χ0) is 25.5. The Kier molecular flexibility index (Phi) is 8.98. The number of unbranched alkanes of at least 4 members (excludes halogenated alkanes) is 1. The van der Waals surface area contributed by atoms with E-state index in [4.69, 9.17) is 26.5 Å². The number of benzene rings is 2. The van der Waals surface area contributed by atoms with Crippen molar-refractivity contribution < 1.29 is 23.5 Å². The lowest BCUT2D eigenvalue weighted by atomic mass is 9.93. The number of hydrogen-bond acceptors (Lipinski definition) is 6. The van der Waals surface area contributed by atoms with Crippen LogP contribution in [-0.4, -0.2) is 30.2 Å². The summed E-state index contributed by atoms with van der Waals surface area (Å²) in [5.74, 6) is -2.13. The zero-order valence-corrected chi connectivity index (χ0v) is 20.1. The van der Waals surface area contributed by atoms with Gasteiger partial charge in [-0.25, -0.2) is 9.18 Å². The second-order valence-corrected chi connectivity index (χ2v) is 8.61. The summed E-state index contributed by atoms with van der Waals surface area (Å²) in [7, 11) is 0. The molecule has 2 aromatic rings. The predicted molar refractivity (Wildman–Crippen MR) is 127 cm³/mol. The van der Waals surface area contributed by atoms with Gasteiger partial charge in [-0.1, -0.05) is 37.1 Å². The Morgan fingerprint density at radius 2 is 1.91 bits per heavy atom. The van der Waals surface area contributed by atoms with E-state index >= 15 is 0 Å². The second-order valence-electron chi connectivity index (χ2n) is 8.23. The Morgan fingerprint density at radius 3 is 2.53 bits per heavy atom. The number of rotatable bonds is 6. The van der Waals surface area contributed by atoms with Gasteiger partial charge in [0.05, 0.1) is 28.8 Å². The molecule has 0 aliphatic rings. The van der Waals surface area contributed by atoms with E-state index in [1.165, 1.54) is 24.3 Å². The van der Waals surface area contributed by atoms with Crippen LogP contribution in [-0.2, 0) is 4.74 Å². The number of hydrogen-bond donors (Lipinski definition) is 3. The molecule has 180 valence electrons. The van der Waals surface area contributed by atoms with E-state index < -0.39 is 29.4 Å². The molecule has 0 fully saturated rings. The standard InChI is InChI=1S/C24H26ClFN4O4/c1-5-6-12-33-17-11-10-14(13-27)18(15-8-7-9-16(26)20(15)25)19(17)21(31)29-22(28)30-23(32)34-24(2,3)4/h7-11H,5-6,12H2,1-4H3,(H3,28,29,30,31,32). The summed E-state index contributed by atoms with van der Waals surface area (Å²) in [6.07, 6.45) is 0.606. The van der Waals surface area contributed by atoms with Crippen molar-refractivity contribution in [3.05, 3.63) is 52.3 Å². The highest BCUT2D eigenvalue weighted by atomic mass is 35.5. The molecule has 2 amide bonds. The SMILES string of the molecule is CCCCOc1ccc(C#N)c(-c2cccc(F)c2Cl)c1C(=O)NC(=N)NC(=O)OC(C)(C)C. The minimum absolute atomic E-state index is 0.0450. The van der Waals surface area contributed by atoms with Crippen LogP contribution in [0.15, 0.2) is 30.3 Å². The third-order valence-corrected chi connectivity index (χ3v) is 4.74. The number of carbonyl (C=O) groups is 2. The molecule has 0 unspecified atom stereocenters. The van der Waals surface area contributed by atoms with Crippen LogP contribution >= 0.6 is 11.6 Å². The molecule has 2 aromatic carbocycles. The lowest BCUT2D eigenvalue weighted by Gasteiger charge is -2.20. The molecule has 3 N–H and O–H groups in total. The maximum absolute atomic E-state index is 14.2. The van der Waals surface area contributed by atoms with Crippen molar-refractivity contribution in [1.29, 1.82) is 10.7 Å². The summed E-state index contributed by atoms with van der Waals surface area (Å²) in [5, 5.41) is 21.7. The number of halogens is 2.